The van der Waals surface area contributed by atoms with Crippen molar-refractivity contribution in [1.29, 1.82) is 0 Å². The number of nitrogens with one attached hydrogen (secondary N) is 1. The standard InChI is InChI=1S/C9H10BrN3O2/c1-5(8(11)14)13-9(15)6-2-7(10)4-12-3-6/h2-5H,1H3,(H2,11,14)(H,13,15). The third-order valence-electron chi connectivity index (χ3n) is 1.74. The summed E-state index contributed by atoms with van der Waals surface area (Å²) in [7, 11) is 0. The van der Waals surface area contributed by atoms with Crippen LogP contribution in [0.15, 0.2) is 22.9 Å². The summed E-state index contributed by atoms with van der Waals surface area (Å²) >= 11 is 3.19. The molecule has 0 aromatic carbocycles. The van der Waals surface area contributed by atoms with E-state index in [1.165, 1.54) is 13.1 Å². The number of halogens is 1. The summed E-state index contributed by atoms with van der Waals surface area (Å²) in [4.78, 5) is 26.1. The maximum absolute atomic E-state index is 11.5. The molecule has 80 valence electrons. The van der Waals surface area contributed by atoms with Gasteiger partial charge in [0.1, 0.15) is 6.04 Å². The minimum Gasteiger partial charge on any atom is -0.368 e. The number of primary amides is 1. The first-order valence-electron chi connectivity index (χ1n) is 4.21. The highest BCUT2D eigenvalue weighted by atomic mass is 79.9. The van der Waals surface area contributed by atoms with E-state index in [4.69, 9.17) is 5.73 Å². The van der Waals surface area contributed by atoms with Crippen LogP contribution in [0.2, 0.25) is 0 Å². The van der Waals surface area contributed by atoms with Gasteiger partial charge in [-0.05, 0) is 28.9 Å². The van der Waals surface area contributed by atoms with E-state index in [2.05, 4.69) is 26.2 Å². The van der Waals surface area contributed by atoms with Crippen LogP contribution in [0.4, 0.5) is 0 Å². The number of amides is 2. The Bertz CT molecular complexity index is 395. The third-order valence-corrected chi connectivity index (χ3v) is 2.18. The molecule has 1 unspecified atom stereocenters. The predicted octanol–water partition coefficient (Wildman–Crippen LogP) is 0.448. The predicted molar refractivity (Wildman–Crippen MR) is 58.1 cm³/mol. The van der Waals surface area contributed by atoms with Gasteiger partial charge < -0.3 is 11.1 Å². The quantitative estimate of drug-likeness (QED) is 0.837. The number of rotatable bonds is 3. The number of nitrogens with two attached hydrogens (primary N) is 1. The van der Waals surface area contributed by atoms with Gasteiger partial charge in [-0.2, -0.15) is 0 Å². The van der Waals surface area contributed by atoms with Gasteiger partial charge in [0.25, 0.3) is 5.91 Å². The van der Waals surface area contributed by atoms with E-state index in [0.29, 0.717) is 10.0 Å². The lowest BCUT2D eigenvalue weighted by atomic mass is 10.2. The lowest BCUT2D eigenvalue weighted by Gasteiger charge is -2.09. The fraction of sp³-hybridized carbons (Fsp3) is 0.222. The average Bonchev–Trinajstić information content (AvgIpc) is 2.17. The molecule has 1 aromatic heterocycles. The van der Waals surface area contributed by atoms with Gasteiger partial charge in [0.05, 0.1) is 5.56 Å². The lowest BCUT2D eigenvalue weighted by molar-refractivity contribution is -0.119. The largest absolute Gasteiger partial charge is 0.368 e. The van der Waals surface area contributed by atoms with E-state index in [9.17, 15) is 9.59 Å². The maximum Gasteiger partial charge on any atom is 0.253 e. The molecule has 0 aliphatic carbocycles. The molecule has 0 spiro atoms. The number of nitrogens with zero attached hydrogens (tertiary/aromatic N) is 1. The van der Waals surface area contributed by atoms with Crippen LogP contribution in [0.5, 0.6) is 0 Å². The van der Waals surface area contributed by atoms with Crippen LogP contribution in [0.25, 0.3) is 0 Å². The summed E-state index contributed by atoms with van der Waals surface area (Å²) in [6, 6.07) is 0.909. The van der Waals surface area contributed by atoms with Gasteiger partial charge in [-0.1, -0.05) is 0 Å². The second-order valence-electron chi connectivity index (χ2n) is 2.99. The summed E-state index contributed by atoms with van der Waals surface area (Å²) in [5.74, 6) is -0.957. The molecule has 6 heteroatoms. The van der Waals surface area contributed by atoms with Crippen molar-refractivity contribution in [2.45, 2.75) is 13.0 Å². The minimum atomic E-state index is -0.698. The average molecular weight is 272 g/mol. The van der Waals surface area contributed by atoms with Crippen molar-refractivity contribution in [3.05, 3.63) is 28.5 Å². The van der Waals surface area contributed by atoms with Crippen LogP contribution in [0.1, 0.15) is 17.3 Å². The molecule has 1 heterocycles. The molecule has 0 saturated carbocycles. The third kappa shape index (κ3) is 3.32. The molecule has 0 radical (unpaired) electrons. The van der Waals surface area contributed by atoms with Crippen LogP contribution in [0.3, 0.4) is 0 Å². The number of aromatic nitrogens is 1. The Balaban J connectivity index is 2.73. The summed E-state index contributed by atoms with van der Waals surface area (Å²) in [5.41, 5.74) is 5.39. The second-order valence-corrected chi connectivity index (χ2v) is 3.91. The van der Waals surface area contributed by atoms with Crippen molar-refractivity contribution in [3.63, 3.8) is 0 Å². The molecule has 0 aliphatic rings. The van der Waals surface area contributed by atoms with Crippen molar-refractivity contribution in [2.24, 2.45) is 5.73 Å². The molecular weight excluding hydrogens is 262 g/mol. The second kappa shape index (κ2) is 4.88. The number of pyridine rings is 1. The smallest absolute Gasteiger partial charge is 0.253 e. The van der Waals surface area contributed by atoms with Crippen molar-refractivity contribution in [2.75, 3.05) is 0 Å². The van der Waals surface area contributed by atoms with Gasteiger partial charge in [-0.15, -0.1) is 0 Å². The highest BCUT2D eigenvalue weighted by molar-refractivity contribution is 9.10. The first-order chi connectivity index (χ1) is 7.00. The molecule has 1 rings (SSSR count). The maximum atomic E-state index is 11.5. The molecule has 0 saturated heterocycles. The van der Waals surface area contributed by atoms with Crippen LogP contribution >= 0.6 is 15.9 Å². The molecule has 2 amide bonds. The number of hydrogen-bond donors (Lipinski definition) is 2. The highest BCUT2D eigenvalue weighted by Crippen LogP contribution is 2.09. The molecule has 0 aliphatic heterocycles. The van der Waals surface area contributed by atoms with Crippen LogP contribution in [-0.4, -0.2) is 22.8 Å². The SMILES string of the molecule is CC(NC(=O)c1cncc(Br)c1)C(N)=O. The van der Waals surface area contributed by atoms with Crippen molar-refractivity contribution < 1.29 is 9.59 Å². The number of carbonyl (C=O) groups excluding carboxylic acids is 2. The molecule has 1 atom stereocenters. The lowest BCUT2D eigenvalue weighted by Crippen LogP contribution is -2.42. The van der Waals surface area contributed by atoms with Gasteiger partial charge in [0, 0.05) is 16.9 Å². The number of hydrogen-bond acceptors (Lipinski definition) is 3. The normalized spacial score (nSPS) is 11.9. The summed E-state index contributed by atoms with van der Waals surface area (Å²) in [6.07, 6.45) is 2.97. The molecule has 1 aromatic rings. The highest BCUT2D eigenvalue weighted by Gasteiger charge is 2.13. The van der Waals surface area contributed by atoms with Crippen LogP contribution < -0.4 is 11.1 Å². The van der Waals surface area contributed by atoms with E-state index < -0.39 is 11.9 Å². The minimum absolute atomic E-state index is 0.373. The van der Waals surface area contributed by atoms with Gasteiger partial charge >= 0.3 is 0 Å². The van der Waals surface area contributed by atoms with E-state index in [0.717, 1.165) is 0 Å². The fourth-order valence-corrected chi connectivity index (χ4v) is 1.25. The summed E-state index contributed by atoms with van der Waals surface area (Å²) < 4.78 is 0.696. The molecule has 0 bridgehead atoms. The van der Waals surface area contributed by atoms with Gasteiger partial charge in [-0.25, -0.2) is 0 Å². The van der Waals surface area contributed by atoms with Crippen molar-refractivity contribution >= 4 is 27.7 Å². The van der Waals surface area contributed by atoms with Crippen molar-refractivity contribution in [3.8, 4) is 0 Å². The summed E-state index contributed by atoms with van der Waals surface area (Å²) in [6.45, 7) is 1.52. The van der Waals surface area contributed by atoms with Gasteiger partial charge in [0.2, 0.25) is 5.91 Å². The van der Waals surface area contributed by atoms with E-state index >= 15 is 0 Å². The zero-order valence-electron chi connectivity index (χ0n) is 8.03. The Kier molecular flexibility index (Phi) is 3.79. The first kappa shape index (κ1) is 11.6. The van der Waals surface area contributed by atoms with Crippen LogP contribution in [0, 0.1) is 0 Å². The van der Waals surface area contributed by atoms with Gasteiger partial charge in [-0.3, -0.25) is 14.6 Å². The molecule has 0 fully saturated rings. The number of carbonyl (C=O) groups is 2. The fourth-order valence-electron chi connectivity index (χ4n) is 0.887. The Morgan fingerprint density at radius 2 is 2.20 bits per heavy atom. The Morgan fingerprint density at radius 3 is 2.73 bits per heavy atom. The van der Waals surface area contributed by atoms with Gasteiger partial charge in [0.15, 0.2) is 0 Å². The Hall–Kier alpha value is -1.43. The van der Waals surface area contributed by atoms with Crippen LogP contribution in [-0.2, 0) is 4.79 Å². The summed E-state index contributed by atoms with van der Waals surface area (Å²) in [5, 5.41) is 2.45. The zero-order valence-corrected chi connectivity index (χ0v) is 9.61. The Labute approximate surface area is 95.2 Å². The van der Waals surface area contributed by atoms with Crippen molar-refractivity contribution in [1.82, 2.24) is 10.3 Å². The molecule has 3 N–H and O–H groups in total. The van der Waals surface area contributed by atoms with E-state index in [1.54, 1.807) is 12.3 Å². The van der Waals surface area contributed by atoms with E-state index in [1.807, 2.05) is 0 Å². The zero-order chi connectivity index (χ0) is 11.4. The monoisotopic (exact) mass is 271 g/mol. The molecule has 15 heavy (non-hydrogen) atoms. The first-order valence-corrected chi connectivity index (χ1v) is 5.00. The molecule has 5 nitrogen and oxygen atoms in total. The topological polar surface area (TPSA) is 85.1 Å². The molecular formula is C9H10BrN3O2. The van der Waals surface area contributed by atoms with E-state index in [-0.39, 0.29) is 5.91 Å². The Morgan fingerprint density at radius 1 is 1.53 bits per heavy atom.